The van der Waals surface area contributed by atoms with E-state index in [-0.39, 0.29) is 12.0 Å². The first-order chi connectivity index (χ1) is 9.24. The number of carboxylic acid groups (broad SMARTS) is 1. The zero-order chi connectivity index (χ0) is 15.3. The lowest BCUT2D eigenvalue weighted by Gasteiger charge is -2.35. The minimum atomic E-state index is -0.768. The van der Waals surface area contributed by atoms with Crippen LogP contribution < -0.4 is 5.32 Å². The third-order valence-electron chi connectivity index (χ3n) is 3.80. The van der Waals surface area contributed by atoms with Gasteiger partial charge in [-0.15, -0.1) is 0 Å². The van der Waals surface area contributed by atoms with Crippen molar-refractivity contribution in [2.75, 3.05) is 0 Å². The molecule has 1 rings (SSSR count). The van der Waals surface area contributed by atoms with Crippen LogP contribution in [0.2, 0.25) is 0 Å². The van der Waals surface area contributed by atoms with Gasteiger partial charge in [-0.05, 0) is 46.0 Å². The van der Waals surface area contributed by atoms with Gasteiger partial charge in [0.25, 0.3) is 0 Å². The summed E-state index contributed by atoms with van der Waals surface area (Å²) in [5.74, 6) is -1.16. The molecule has 0 aromatic rings. The summed E-state index contributed by atoms with van der Waals surface area (Å²) in [5, 5.41) is 12.2. The number of aliphatic carboxylic acids is 1. The van der Waals surface area contributed by atoms with Crippen molar-refractivity contribution in [3.8, 4) is 0 Å². The van der Waals surface area contributed by atoms with E-state index < -0.39 is 23.6 Å². The third-order valence-corrected chi connectivity index (χ3v) is 3.80. The normalized spacial score (nSPS) is 24.8. The minimum absolute atomic E-state index is 0.00114. The molecule has 20 heavy (non-hydrogen) atoms. The van der Waals surface area contributed by atoms with Gasteiger partial charge in [0.2, 0.25) is 0 Å². The number of alkyl carbamates (subject to hydrolysis) is 1. The molecule has 1 aliphatic carbocycles. The van der Waals surface area contributed by atoms with Gasteiger partial charge in [-0.2, -0.15) is 0 Å². The summed E-state index contributed by atoms with van der Waals surface area (Å²) in [6.07, 6.45) is 3.87. The Labute approximate surface area is 121 Å². The maximum Gasteiger partial charge on any atom is 0.407 e. The standard InChI is InChI=1S/C15H27NO4/c1-5-10(13(17)18)11-8-6-7-9-12(11)16-14(19)20-15(2,3)4/h10-12H,5-9H2,1-4H3,(H,16,19)(H,17,18). The zero-order valence-electron chi connectivity index (χ0n) is 12.9. The smallest absolute Gasteiger partial charge is 0.407 e. The molecule has 3 unspecified atom stereocenters. The molecule has 1 fully saturated rings. The maximum absolute atomic E-state index is 11.9. The van der Waals surface area contributed by atoms with E-state index in [0.717, 1.165) is 25.7 Å². The number of nitrogens with one attached hydrogen (secondary N) is 1. The molecule has 1 amide bonds. The topological polar surface area (TPSA) is 75.6 Å². The summed E-state index contributed by atoms with van der Waals surface area (Å²) >= 11 is 0. The Morgan fingerprint density at radius 2 is 1.90 bits per heavy atom. The second-order valence-corrected chi connectivity index (χ2v) is 6.55. The highest BCUT2D eigenvalue weighted by molar-refractivity contribution is 5.71. The molecule has 5 nitrogen and oxygen atoms in total. The molecule has 0 aromatic heterocycles. The third kappa shape index (κ3) is 5.02. The highest BCUT2D eigenvalue weighted by Crippen LogP contribution is 2.32. The van der Waals surface area contributed by atoms with Crippen LogP contribution in [0.25, 0.3) is 0 Å². The zero-order valence-corrected chi connectivity index (χ0v) is 12.9. The monoisotopic (exact) mass is 285 g/mol. The molecule has 0 aromatic carbocycles. The molecular formula is C15H27NO4. The highest BCUT2D eigenvalue weighted by Gasteiger charge is 2.36. The minimum Gasteiger partial charge on any atom is -0.481 e. The fraction of sp³-hybridized carbons (Fsp3) is 0.867. The number of carbonyl (C=O) groups is 2. The number of hydrogen-bond donors (Lipinski definition) is 2. The van der Waals surface area contributed by atoms with Gasteiger partial charge in [-0.3, -0.25) is 4.79 Å². The van der Waals surface area contributed by atoms with E-state index >= 15 is 0 Å². The van der Waals surface area contributed by atoms with Gasteiger partial charge >= 0.3 is 12.1 Å². The lowest BCUT2D eigenvalue weighted by atomic mass is 9.75. The fourth-order valence-electron chi connectivity index (χ4n) is 2.94. The lowest BCUT2D eigenvalue weighted by molar-refractivity contribution is -0.144. The Bertz CT molecular complexity index is 348. The van der Waals surface area contributed by atoms with E-state index in [1.165, 1.54) is 0 Å². The van der Waals surface area contributed by atoms with Gasteiger partial charge in [0, 0.05) is 6.04 Å². The van der Waals surface area contributed by atoms with Crippen molar-refractivity contribution in [2.24, 2.45) is 11.8 Å². The molecule has 116 valence electrons. The van der Waals surface area contributed by atoms with E-state index in [1.54, 1.807) is 0 Å². The summed E-state index contributed by atoms with van der Waals surface area (Å²) in [4.78, 5) is 23.2. The summed E-state index contributed by atoms with van der Waals surface area (Å²) in [7, 11) is 0. The number of amides is 1. The first-order valence-corrected chi connectivity index (χ1v) is 7.47. The molecule has 0 heterocycles. The molecule has 0 saturated heterocycles. The van der Waals surface area contributed by atoms with Gasteiger partial charge in [0.15, 0.2) is 0 Å². The van der Waals surface area contributed by atoms with Gasteiger partial charge < -0.3 is 15.2 Å². The number of carbonyl (C=O) groups excluding carboxylic acids is 1. The van der Waals surface area contributed by atoms with E-state index in [2.05, 4.69) is 5.32 Å². The van der Waals surface area contributed by atoms with Crippen LogP contribution >= 0.6 is 0 Å². The van der Waals surface area contributed by atoms with Crippen LogP contribution in [0.1, 0.15) is 59.8 Å². The van der Waals surface area contributed by atoms with E-state index in [1.807, 2.05) is 27.7 Å². The molecular weight excluding hydrogens is 258 g/mol. The second-order valence-electron chi connectivity index (χ2n) is 6.55. The van der Waals surface area contributed by atoms with Crippen molar-refractivity contribution in [2.45, 2.75) is 71.4 Å². The highest BCUT2D eigenvalue weighted by atomic mass is 16.6. The SMILES string of the molecule is CCC(C(=O)O)C1CCCCC1NC(=O)OC(C)(C)C. The van der Waals surface area contributed by atoms with E-state index in [4.69, 9.17) is 4.74 Å². The molecule has 0 bridgehead atoms. The summed E-state index contributed by atoms with van der Waals surface area (Å²) < 4.78 is 5.27. The van der Waals surface area contributed by atoms with Crippen LogP contribution in [-0.4, -0.2) is 28.8 Å². The van der Waals surface area contributed by atoms with Crippen molar-refractivity contribution < 1.29 is 19.4 Å². The number of carboxylic acids is 1. The van der Waals surface area contributed by atoms with E-state index in [0.29, 0.717) is 6.42 Å². The quantitative estimate of drug-likeness (QED) is 0.831. The van der Waals surface area contributed by atoms with Gasteiger partial charge in [0.1, 0.15) is 5.60 Å². The Balaban J connectivity index is 2.69. The molecule has 3 atom stereocenters. The molecule has 1 aliphatic rings. The average molecular weight is 285 g/mol. The molecule has 2 N–H and O–H groups in total. The van der Waals surface area contributed by atoms with Crippen LogP contribution in [0.5, 0.6) is 0 Å². The predicted molar refractivity (Wildman–Crippen MR) is 76.5 cm³/mol. The van der Waals surface area contributed by atoms with Crippen LogP contribution in [0.15, 0.2) is 0 Å². The van der Waals surface area contributed by atoms with Crippen LogP contribution in [0.4, 0.5) is 4.79 Å². The number of rotatable bonds is 4. The van der Waals surface area contributed by atoms with Crippen LogP contribution in [-0.2, 0) is 9.53 Å². The van der Waals surface area contributed by atoms with Crippen molar-refractivity contribution in [3.05, 3.63) is 0 Å². The Morgan fingerprint density at radius 3 is 2.40 bits per heavy atom. The lowest BCUT2D eigenvalue weighted by Crippen LogP contribution is -2.47. The number of hydrogen-bond acceptors (Lipinski definition) is 3. The van der Waals surface area contributed by atoms with Crippen molar-refractivity contribution in [3.63, 3.8) is 0 Å². The maximum atomic E-state index is 11.9. The van der Waals surface area contributed by atoms with Crippen LogP contribution in [0, 0.1) is 11.8 Å². The first kappa shape index (κ1) is 16.8. The molecule has 0 radical (unpaired) electrons. The Kier molecular flexibility index (Phi) is 5.84. The van der Waals surface area contributed by atoms with Gasteiger partial charge in [-0.25, -0.2) is 4.79 Å². The van der Waals surface area contributed by atoms with Crippen LogP contribution in [0.3, 0.4) is 0 Å². The summed E-state index contributed by atoms with van der Waals surface area (Å²) in [6.45, 7) is 7.34. The molecule has 0 spiro atoms. The molecule has 0 aliphatic heterocycles. The summed E-state index contributed by atoms with van der Waals surface area (Å²) in [6, 6.07) is -0.0975. The Morgan fingerprint density at radius 1 is 1.30 bits per heavy atom. The summed E-state index contributed by atoms with van der Waals surface area (Å²) in [5.41, 5.74) is -0.537. The average Bonchev–Trinajstić information content (AvgIpc) is 2.29. The van der Waals surface area contributed by atoms with Gasteiger partial charge in [-0.1, -0.05) is 19.8 Å². The van der Waals surface area contributed by atoms with Crippen molar-refractivity contribution in [1.29, 1.82) is 0 Å². The fourth-order valence-corrected chi connectivity index (χ4v) is 2.94. The predicted octanol–water partition coefficient (Wildman–Crippen LogP) is 3.18. The second kappa shape index (κ2) is 6.95. The van der Waals surface area contributed by atoms with Gasteiger partial charge in [0.05, 0.1) is 5.92 Å². The molecule has 5 heteroatoms. The molecule has 1 saturated carbocycles. The first-order valence-electron chi connectivity index (χ1n) is 7.47. The van der Waals surface area contributed by atoms with E-state index in [9.17, 15) is 14.7 Å². The van der Waals surface area contributed by atoms with Crippen molar-refractivity contribution in [1.82, 2.24) is 5.32 Å². The van der Waals surface area contributed by atoms with Crippen molar-refractivity contribution >= 4 is 12.1 Å². The Hall–Kier alpha value is -1.26. The number of ether oxygens (including phenoxy) is 1. The largest absolute Gasteiger partial charge is 0.481 e.